The van der Waals surface area contributed by atoms with Gasteiger partial charge in [0.2, 0.25) is 0 Å². The van der Waals surface area contributed by atoms with E-state index in [2.05, 4.69) is 32.5 Å². The fraction of sp³-hybridized carbons (Fsp3) is 0.350. The Labute approximate surface area is 176 Å². The van der Waals surface area contributed by atoms with Gasteiger partial charge in [0, 0.05) is 34.5 Å². The van der Waals surface area contributed by atoms with E-state index in [1.165, 1.54) is 6.20 Å². The van der Waals surface area contributed by atoms with Gasteiger partial charge in [0.25, 0.3) is 0 Å². The molecule has 0 spiro atoms. The van der Waals surface area contributed by atoms with Crippen LogP contribution in [0.5, 0.6) is 5.75 Å². The van der Waals surface area contributed by atoms with E-state index in [0.717, 1.165) is 31.4 Å². The smallest absolute Gasteiger partial charge is 0.192 e. The number of aromatic hydroxyl groups is 1. The van der Waals surface area contributed by atoms with E-state index in [0.29, 0.717) is 28.8 Å². The highest BCUT2D eigenvalue weighted by Gasteiger charge is 2.39. The third-order valence-corrected chi connectivity index (χ3v) is 7.05. The van der Waals surface area contributed by atoms with Crippen LogP contribution in [0.1, 0.15) is 25.7 Å². The first-order valence-electron chi connectivity index (χ1n) is 9.69. The van der Waals surface area contributed by atoms with Gasteiger partial charge in [-0.05, 0) is 36.9 Å². The molecule has 2 aromatic rings. The summed E-state index contributed by atoms with van der Waals surface area (Å²) in [5.74, 6) is 4.02. The number of pyridine rings is 1. The Bertz CT molecular complexity index is 1090. The molecule has 162 valence electrons. The summed E-state index contributed by atoms with van der Waals surface area (Å²) >= 11 is 0. The van der Waals surface area contributed by atoms with Crippen LogP contribution < -0.4 is 27.2 Å². The topological polar surface area (TPSA) is 165 Å². The van der Waals surface area contributed by atoms with Gasteiger partial charge in [-0.15, -0.1) is 0 Å². The Morgan fingerprint density at radius 2 is 2.00 bits per heavy atom. The van der Waals surface area contributed by atoms with Gasteiger partial charge >= 0.3 is 0 Å². The lowest BCUT2D eigenvalue weighted by Crippen LogP contribution is -2.51. The van der Waals surface area contributed by atoms with E-state index in [9.17, 15) is 9.32 Å². The molecule has 1 aromatic carbocycles. The average molecular weight is 432 g/mol. The van der Waals surface area contributed by atoms with Crippen LogP contribution in [0.25, 0.3) is 10.8 Å². The summed E-state index contributed by atoms with van der Waals surface area (Å²) in [7, 11) is -2.92. The molecule has 1 aliphatic rings. The lowest BCUT2D eigenvalue weighted by Gasteiger charge is -2.34. The summed E-state index contributed by atoms with van der Waals surface area (Å²) < 4.78 is 17.0. The minimum atomic E-state index is -2.92. The number of nitrogens with two attached hydrogens (primary N) is 3. The molecule has 0 aliphatic heterocycles. The second-order valence-electron chi connectivity index (χ2n) is 7.47. The molecular formula is C20H29N7O2S. The SMILES string of the molecule is C=C(NCCN)C1(NS(=C)(=O)c2ccc3c(O)cnc(N=C(N)N)c3c2)CCCC1. The Kier molecular flexibility index (Phi) is 6.20. The molecule has 1 heterocycles. The highest BCUT2D eigenvalue weighted by molar-refractivity contribution is 7.98. The number of benzene rings is 1. The van der Waals surface area contributed by atoms with Crippen molar-refractivity contribution in [2.24, 2.45) is 22.2 Å². The van der Waals surface area contributed by atoms with Crippen molar-refractivity contribution in [1.82, 2.24) is 15.0 Å². The first-order chi connectivity index (χ1) is 14.2. The van der Waals surface area contributed by atoms with Crippen LogP contribution in [0.2, 0.25) is 0 Å². The molecular weight excluding hydrogens is 402 g/mol. The van der Waals surface area contributed by atoms with E-state index in [1.54, 1.807) is 18.2 Å². The number of rotatable bonds is 8. The number of hydrogen-bond donors (Lipinski definition) is 6. The maximum Gasteiger partial charge on any atom is 0.192 e. The third kappa shape index (κ3) is 4.35. The second-order valence-corrected chi connectivity index (χ2v) is 9.50. The average Bonchev–Trinajstić information content (AvgIpc) is 3.16. The zero-order valence-corrected chi connectivity index (χ0v) is 17.7. The predicted molar refractivity (Wildman–Crippen MR) is 123 cm³/mol. The molecule has 30 heavy (non-hydrogen) atoms. The van der Waals surface area contributed by atoms with Crippen LogP contribution in [0.15, 0.2) is 46.6 Å². The van der Waals surface area contributed by atoms with Crippen molar-refractivity contribution >= 4 is 38.1 Å². The maximum absolute atomic E-state index is 13.7. The number of fused-ring (bicyclic) bond motifs is 1. The molecule has 1 saturated carbocycles. The van der Waals surface area contributed by atoms with Gasteiger partial charge in [0.05, 0.1) is 21.4 Å². The summed E-state index contributed by atoms with van der Waals surface area (Å²) in [6, 6.07) is 4.97. The number of hydrogen-bond acceptors (Lipinski definition) is 6. The minimum absolute atomic E-state index is 0.0266. The molecule has 0 saturated heterocycles. The molecule has 0 bridgehead atoms. The zero-order chi connectivity index (χ0) is 21.9. The molecule has 9 nitrogen and oxygen atoms in total. The van der Waals surface area contributed by atoms with E-state index in [-0.39, 0.29) is 17.5 Å². The lowest BCUT2D eigenvalue weighted by molar-refractivity contribution is 0.439. The van der Waals surface area contributed by atoms with Gasteiger partial charge in [0.15, 0.2) is 11.8 Å². The van der Waals surface area contributed by atoms with Crippen molar-refractivity contribution in [2.45, 2.75) is 36.1 Å². The molecule has 9 N–H and O–H groups in total. The fourth-order valence-corrected chi connectivity index (χ4v) is 5.49. The second kappa shape index (κ2) is 8.50. The summed E-state index contributed by atoms with van der Waals surface area (Å²) in [5.41, 5.74) is 16.8. The van der Waals surface area contributed by atoms with Gasteiger partial charge in [-0.25, -0.2) is 13.9 Å². The molecule has 1 atom stereocenters. The fourth-order valence-electron chi connectivity index (χ4n) is 3.82. The van der Waals surface area contributed by atoms with Gasteiger partial charge in [-0.3, -0.25) is 0 Å². The van der Waals surface area contributed by atoms with E-state index in [4.69, 9.17) is 17.2 Å². The first-order valence-corrected chi connectivity index (χ1v) is 11.4. The van der Waals surface area contributed by atoms with Crippen LogP contribution >= 0.6 is 0 Å². The number of guanidine groups is 1. The molecule has 1 aromatic heterocycles. The van der Waals surface area contributed by atoms with Gasteiger partial charge < -0.3 is 27.6 Å². The van der Waals surface area contributed by atoms with Crippen LogP contribution in [0.3, 0.4) is 0 Å². The van der Waals surface area contributed by atoms with Crippen molar-refractivity contribution in [3.63, 3.8) is 0 Å². The summed E-state index contributed by atoms with van der Waals surface area (Å²) in [6.45, 7) is 5.22. The first kappa shape index (κ1) is 21.9. The van der Waals surface area contributed by atoms with E-state index >= 15 is 0 Å². The van der Waals surface area contributed by atoms with Crippen molar-refractivity contribution in [1.29, 1.82) is 0 Å². The highest BCUT2D eigenvalue weighted by Crippen LogP contribution is 2.37. The number of nitrogens with zero attached hydrogens (tertiary/aromatic N) is 2. The number of aliphatic imine (C=N–C) groups is 1. The van der Waals surface area contributed by atoms with Crippen LogP contribution in [-0.4, -0.2) is 44.8 Å². The molecule has 0 amide bonds. The van der Waals surface area contributed by atoms with E-state index < -0.39 is 15.2 Å². The monoisotopic (exact) mass is 431 g/mol. The molecule has 3 rings (SSSR count). The van der Waals surface area contributed by atoms with E-state index in [1.807, 2.05) is 0 Å². The summed E-state index contributed by atoms with van der Waals surface area (Å²) in [5, 5.41) is 14.3. The Hall–Kier alpha value is -2.82. The van der Waals surface area contributed by atoms with Gasteiger partial charge in [0.1, 0.15) is 5.75 Å². The molecule has 10 heteroatoms. The maximum atomic E-state index is 13.7. The highest BCUT2D eigenvalue weighted by atomic mass is 32.2. The molecule has 1 unspecified atom stereocenters. The quantitative estimate of drug-likeness (QED) is 0.204. The molecule has 0 radical (unpaired) electrons. The number of aromatic nitrogens is 1. The van der Waals surface area contributed by atoms with Crippen molar-refractivity contribution in [3.8, 4) is 5.75 Å². The largest absolute Gasteiger partial charge is 0.506 e. The number of nitrogens with one attached hydrogen (secondary N) is 2. The van der Waals surface area contributed by atoms with Crippen LogP contribution in [0.4, 0.5) is 5.82 Å². The van der Waals surface area contributed by atoms with Crippen LogP contribution in [-0.2, 0) is 9.71 Å². The van der Waals surface area contributed by atoms with Crippen molar-refractivity contribution in [2.75, 3.05) is 13.1 Å². The Balaban J connectivity index is 2.03. The standard InChI is InChI=1S/C20H29N7O2S/c1-13(24-10-9-21)20(7-3-4-8-20)27-30(2,29)14-5-6-15-16(11-14)18(26-19(22)23)25-12-17(15)28/h5-6,11-12,24,28H,1-4,7-10,21H2,(H,27,29)(H4,22,23,25,26). The Morgan fingerprint density at radius 3 is 2.63 bits per heavy atom. The summed E-state index contributed by atoms with van der Waals surface area (Å²) in [6.07, 6.45) is 4.85. The van der Waals surface area contributed by atoms with Gasteiger partial charge in [-0.1, -0.05) is 19.4 Å². The van der Waals surface area contributed by atoms with Gasteiger partial charge in [-0.2, -0.15) is 4.99 Å². The summed E-state index contributed by atoms with van der Waals surface area (Å²) in [4.78, 5) is 8.54. The lowest BCUT2D eigenvalue weighted by atomic mass is 9.95. The minimum Gasteiger partial charge on any atom is -0.506 e. The van der Waals surface area contributed by atoms with Crippen molar-refractivity contribution in [3.05, 3.63) is 36.7 Å². The third-order valence-electron chi connectivity index (χ3n) is 5.31. The zero-order valence-electron chi connectivity index (χ0n) is 16.9. The molecule has 1 aliphatic carbocycles. The normalized spacial score (nSPS) is 17.4. The predicted octanol–water partition coefficient (Wildman–Crippen LogP) is 0.800. The molecule has 1 fully saturated rings. The van der Waals surface area contributed by atoms with Crippen molar-refractivity contribution < 1.29 is 9.32 Å². The van der Waals surface area contributed by atoms with Crippen LogP contribution in [0, 0.1) is 0 Å². The Morgan fingerprint density at radius 1 is 1.30 bits per heavy atom.